The zero-order valence-electron chi connectivity index (χ0n) is 12.0. The highest BCUT2D eigenvalue weighted by Gasteiger charge is 2.39. The van der Waals surface area contributed by atoms with Gasteiger partial charge in [-0.3, -0.25) is 4.79 Å². The molecule has 1 saturated heterocycles. The molecule has 0 spiro atoms. The topological polar surface area (TPSA) is 61.4 Å². The van der Waals surface area contributed by atoms with Gasteiger partial charge in [0.05, 0.1) is 5.54 Å². The van der Waals surface area contributed by atoms with Crippen LogP contribution in [-0.4, -0.2) is 36.2 Å². The summed E-state index contributed by atoms with van der Waals surface area (Å²) in [7, 11) is 0. The number of carbonyl (C=O) groups is 1. The predicted octanol–water partition coefficient (Wildman–Crippen LogP) is 1.43. The molecule has 1 aliphatic heterocycles. The van der Waals surface area contributed by atoms with E-state index in [2.05, 4.69) is 31.4 Å². The second kappa shape index (κ2) is 6.53. The van der Waals surface area contributed by atoms with Crippen molar-refractivity contribution in [3.8, 4) is 0 Å². The highest BCUT2D eigenvalue weighted by atomic mass is 16.2. The second-order valence-electron chi connectivity index (χ2n) is 6.14. The largest absolute Gasteiger partial charge is 0.396 e. The number of hydrogen-bond acceptors (Lipinski definition) is 3. The van der Waals surface area contributed by atoms with Gasteiger partial charge in [0.25, 0.3) is 0 Å². The molecule has 0 aliphatic carbocycles. The molecule has 18 heavy (non-hydrogen) atoms. The van der Waals surface area contributed by atoms with Crippen LogP contribution in [0.1, 0.15) is 52.9 Å². The molecule has 4 nitrogen and oxygen atoms in total. The lowest BCUT2D eigenvalue weighted by Crippen LogP contribution is -2.54. The van der Waals surface area contributed by atoms with E-state index in [9.17, 15) is 4.79 Å². The summed E-state index contributed by atoms with van der Waals surface area (Å²) in [6.07, 6.45) is 4.58. The quantitative estimate of drug-likeness (QED) is 0.646. The first-order chi connectivity index (χ1) is 8.46. The van der Waals surface area contributed by atoms with Crippen molar-refractivity contribution in [3.63, 3.8) is 0 Å². The molecule has 1 aliphatic rings. The van der Waals surface area contributed by atoms with E-state index >= 15 is 0 Å². The summed E-state index contributed by atoms with van der Waals surface area (Å²) >= 11 is 0. The van der Waals surface area contributed by atoms with Crippen molar-refractivity contribution < 1.29 is 9.90 Å². The van der Waals surface area contributed by atoms with Crippen LogP contribution < -0.4 is 10.6 Å². The summed E-state index contributed by atoms with van der Waals surface area (Å²) in [4.78, 5) is 12.3. The van der Waals surface area contributed by atoms with E-state index in [0.29, 0.717) is 6.54 Å². The minimum atomic E-state index is -0.340. The van der Waals surface area contributed by atoms with Crippen LogP contribution in [0.2, 0.25) is 0 Å². The van der Waals surface area contributed by atoms with Crippen LogP contribution in [0.4, 0.5) is 0 Å². The van der Waals surface area contributed by atoms with Gasteiger partial charge < -0.3 is 15.7 Å². The third kappa shape index (κ3) is 3.95. The first-order valence-corrected chi connectivity index (χ1v) is 7.10. The average molecular weight is 256 g/mol. The fourth-order valence-corrected chi connectivity index (χ4v) is 2.60. The molecule has 1 rings (SSSR count). The Bertz CT molecular complexity index is 271. The summed E-state index contributed by atoms with van der Waals surface area (Å²) in [5, 5.41) is 15.3. The SMILES string of the molecule is CCC1(C(=O)NCC(C)(C)CCCO)CCCN1. The van der Waals surface area contributed by atoms with E-state index < -0.39 is 0 Å². The van der Waals surface area contributed by atoms with Crippen molar-refractivity contribution in [2.45, 2.75) is 58.4 Å². The fourth-order valence-electron chi connectivity index (χ4n) is 2.60. The van der Waals surface area contributed by atoms with E-state index in [-0.39, 0.29) is 23.5 Å². The van der Waals surface area contributed by atoms with E-state index in [0.717, 1.165) is 38.6 Å². The molecule has 0 aromatic carbocycles. The van der Waals surface area contributed by atoms with Crippen LogP contribution in [-0.2, 0) is 4.79 Å². The molecule has 1 fully saturated rings. The van der Waals surface area contributed by atoms with Gasteiger partial charge in [-0.2, -0.15) is 0 Å². The van der Waals surface area contributed by atoms with Crippen molar-refractivity contribution in [1.29, 1.82) is 0 Å². The second-order valence-corrected chi connectivity index (χ2v) is 6.14. The number of nitrogens with one attached hydrogen (secondary N) is 2. The van der Waals surface area contributed by atoms with Crippen LogP contribution in [0.3, 0.4) is 0 Å². The molecule has 1 atom stereocenters. The summed E-state index contributed by atoms with van der Waals surface area (Å²) in [5.74, 6) is 0.138. The maximum atomic E-state index is 12.3. The Balaban J connectivity index is 2.44. The molecule has 0 aromatic rings. The molecule has 1 heterocycles. The Morgan fingerprint density at radius 2 is 2.22 bits per heavy atom. The first-order valence-electron chi connectivity index (χ1n) is 7.10. The van der Waals surface area contributed by atoms with E-state index in [1.54, 1.807) is 0 Å². The average Bonchev–Trinajstić information content (AvgIpc) is 2.83. The molecule has 0 saturated carbocycles. The lowest BCUT2D eigenvalue weighted by atomic mass is 9.87. The monoisotopic (exact) mass is 256 g/mol. The van der Waals surface area contributed by atoms with Gasteiger partial charge >= 0.3 is 0 Å². The number of amides is 1. The Hall–Kier alpha value is -0.610. The molecule has 0 bridgehead atoms. The van der Waals surface area contributed by atoms with Crippen LogP contribution in [0.5, 0.6) is 0 Å². The third-order valence-corrected chi connectivity index (χ3v) is 4.02. The van der Waals surface area contributed by atoms with Crippen LogP contribution in [0.25, 0.3) is 0 Å². The summed E-state index contributed by atoms with van der Waals surface area (Å²) in [6.45, 7) is 8.16. The van der Waals surface area contributed by atoms with Crippen molar-refractivity contribution in [2.24, 2.45) is 5.41 Å². The van der Waals surface area contributed by atoms with Gasteiger partial charge in [0, 0.05) is 13.2 Å². The maximum absolute atomic E-state index is 12.3. The number of aliphatic hydroxyl groups is 1. The number of carbonyl (C=O) groups excluding carboxylic acids is 1. The van der Waals surface area contributed by atoms with E-state index in [4.69, 9.17) is 5.11 Å². The van der Waals surface area contributed by atoms with Gasteiger partial charge in [0.2, 0.25) is 5.91 Å². The van der Waals surface area contributed by atoms with Crippen molar-refractivity contribution >= 4 is 5.91 Å². The standard InChI is InChI=1S/C14H28N2O2/c1-4-14(8-5-9-16-14)12(18)15-11-13(2,3)7-6-10-17/h16-17H,4-11H2,1-3H3,(H,15,18). The molecule has 0 aromatic heterocycles. The Morgan fingerprint density at radius 3 is 2.72 bits per heavy atom. The maximum Gasteiger partial charge on any atom is 0.240 e. The summed E-state index contributed by atoms with van der Waals surface area (Å²) < 4.78 is 0. The number of rotatable bonds is 7. The first kappa shape index (κ1) is 15.4. The van der Waals surface area contributed by atoms with E-state index in [1.165, 1.54) is 0 Å². The highest BCUT2D eigenvalue weighted by Crippen LogP contribution is 2.25. The van der Waals surface area contributed by atoms with Gasteiger partial charge in [-0.05, 0) is 44.1 Å². The Morgan fingerprint density at radius 1 is 1.50 bits per heavy atom. The predicted molar refractivity (Wildman–Crippen MR) is 73.4 cm³/mol. The zero-order chi connectivity index (χ0) is 13.6. The zero-order valence-corrected chi connectivity index (χ0v) is 12.0. The van der Waals surface area contributed by atoms with Gasteiger partial charge in [0.15, 0.2) is 0 Å². The van der Waals surface area contributed by atoms with Gasteiger partial charge in [-0.15, -0.1) is 0 Å². The van der Waals surface area contributed by atoms with Crippen molar-refractivity contribution in [1.82, 2.24) is 10.6 Å². The normalized spacial score (nSPS) is 24.2. The van der Waals surface area contributed by atoms with E-state index in [1.807, 2.05) is 0 Å². The number of hydrogen-bond donors (Lipinski definition) is 3. The third-order valence-electron chi connectivity index (χ3n) is 4.02. The molecular formula is C14H28N2O2. The van der Waals surface area contributed by atoms with Gasteiger partial charge in [0.1, 0.15) is 0 Å². The molecule has 1 unspecified atom stereocenters. The molecule has 0 radical (unpaired) electrons. The lowest BCUT2D eigenvalue weighted by Gasteiger charge is -2.30. The van der Waals surface area contributed by atoms with Crippen molar-refractivity contribution in [3.05, 3.63) is 0 Å². The van der Waals surface area contributed by atoms with Crippen LogP contribution in [0, 0.1) is 5.41 Å². The lowest BCUT2D eigenvalue weighted by molar-refractivity contribution is -0.127. The van der Waals surface area contributed by atoms with Gasteiger partial charge in [-0.25, -0.2) is 0 Å². The van der Waals surface area contributed by atoms with Crippen molar-refractivity contribution in [2.75, 3.05) is 19.7 Å². The Kier molecular flexibility index (Phi) is 5.60. The smallest absolute Gasteiger partial charge is 0.240 e. The van der Waals surface area contributed by atoms with Gasteiger partial charge in [-0.1, -0.05) is 20.8 Å². The molecule has 4 heteroatoms. The molecule has 106 valence electrons. The van der Waals surface area contributed by atoms with Crippen LogP contribution in [0.15, 0.2) is 0 Å². The summed E-state index contributed by atoms with van der Waals surface area (Å²) in [5.41, 5.74) is -0.293. The number of aliphatic hydroxyl groups excluding tert-OH is 1. The highest BCUT2D eigenvalue weighted by molar-refractivity contribution is 5.86. The summed E-state index contributed by atoms with van der Waals surface area (Å²) in [6, 6.07) is 0. The fraction of sp³-hybridized carbons (Fsp3) is 0.929. The Labute approximate surface area is 111 Å². The van der Waals surface area contributed by atoms with Crippen LogP contribution >= 0.6 is 0 Å². The molecular weight excluding hydrogens is 228 g/mol. The molecule has 3 N–H and O–H groups in total. The molecule has 1 amide bonds. The minimum Gasteiger partial charge on any atom is -0.396 e. The minimum absolute atomic E-state index is 0.0475.